The summed E-state index contributed by atoms with van der Waals surface area (Å²) in [4.78, 5) is 13.7. The standard InChI is InChI=1S/C18H32N8O3S/c1-5-14(12(4)27)22-18-23-16(15-17(24-18)25(7-3)11-19-15)21-13-8-9-26(10-13)30(28,29)20-6-2/h11-14,20,27H,5-10H2,1-4H3,(H2,21,22,23,24)/t12?,13-,14+/m0/s1. The fraction of sp³-hybridized carbons (Fsp3) is 0.722. The van der Waals surface area contributed by atoms with E-state index in [0.29, 0.717) is 55.5 Å². The van der Waals surface area contributed by atoms with Gasteiger partial charge in [-0.25, -0.2) is 9.71 Å². The summed E-state index contributed by atoms with van der Waals surface area (Å²) >= 11 is 0. The second-order valence-electron chi connectivity index (χ2n) is 7.49. The first-order valence-corrected chi connectivity index (χ1v) is 11.9. The highest BCUT2D eigenvalue weighted by atomic mass is 32.2. The fourth-order valence-corrected chi connectivity index (χ4v) is 4.87. The summed E-state index contributed by atoms with van der Waals surface area (Å²) in [5.74, 6) is 0.964. The molecule has 0 radical (unpaired) electrons. The van der Waals surface area contributed by atoms with E-state index in [1.165, 1.54) is 4.31 Å². The number of imidazole rings is 1. The molecule has 30 heavy (non-hydrogen) atoms. The number of rotatable bonds is 10. The third-order valence-corrected chi connectivity index (χ3v) is 6.96. The van der Waals surface area contributed by atoms with E-state index in [1.54, 1.807) is 20.2 Å². The maximum absolute atomic E-state index is 12.3. The Balaban J connectivity index is 1.87. The monoisotopic (exact) mass is 440 g/mol. The minimum atomic E-state index is -3.46. The van der Waals surface area contributed by atoms with Gasteiger partial charge in [-0.1, -0.05) is 13.8 Å². The summed E-state index contributed by atoms with van der Waals surface area (Å²) in [7, 11) is -3.46. The number of hydrogen-bond donors (Lipinski definition) is 4. The van der Waals surface area contributed by atoms with Crippen LogP contribution < -0.4 is 15.4 Å². The largest absolute Gasteiger partial charge is 0.391 e. The lowest BCUT2D eigenvalue weighted by Gasteiger charge is -2.21. The Morgan fingerprint density at radius 3 is 2.70 bits per heavy atom. The summed E-state index contributed by atoms with van der Waals surface area (Å²) in [6.07, 6.45) is 2.55. The molecule has 0 amide bonds. The van der Waals surface area contributed by atoms with Gasteiger partial charge in [0.25, 0.3) is 10.2 Å². The summed E-state index contributed by atoms with van der Waals surface area (Å²) in [5, 5.41) is 16.5. The van der Waals surface area contributed by atoms with Crippen molar-refractivity contribution >= 4 is 33.1 Å². The number of aliphatic hydroxyl groups is 1. The van der Waals surface area contributed by atoms with Gasteiger partial charge in [0.05, 0.1) is 18.5 Å². The first-order valence-electron chi connectivity index (χ1n) is 10.5. The van der Waals surface area contributed by atoms with Gasteiger partial charge in [-0.2, -0.15) is 22.7 Å². The predicted molar refractivity (Wildman–Crippen MR) is 117 cm³/mol. The summed E-state index contributed by atoms with van der Waals surface area (Å²) < 4.78 is 30.4. The Labute approximate surface area is 177 Å². The summed E-state index contributed by atoms with van der Waals surface area (Å²) in [6, 6.07) is -0.268. The normalized spacial score (nSPS) is 19.8. The Bertz CT molecular complexity index is 962. The minimum absolute atomic E-state index is 0.0881. The molecular weight excluding hydrogens is 408 g/mol. The van der Waals surface area contributed by atoms with Crippen molar-refractivity contribution in [2.45, 2.75) is 65.3 Å². The van der Waals surface area contributed by atoms with Gasteiger partial charge in [0, 0.05) is 32.2 Å². The molecule has 0 aliphatic carbocycles. The second-order valence-corrected chi connectivity index (χ2v) is 9.24. The molecule has 1 unspecified atom stereocenters. The van der Waals surface area contributed by atoms with E-state index in [2.05, 4.69) is 30.3 Å². The number of aromatic nitrogens is 4. The van der Waals surface area contributed by atoms with Crippen molar-refractivity contribution in [1.29, 1.82) is 0 Å². The van der Waals surface area contributed by atoms with Gasteiger partial charge < -0.3 is 20.3 Å². The molecule has 0 saturated carbocycles. The molecule has 11 nitrogen and oxygen atoms in total. The molecule has 3 rings (SSSR count). The number of anilines is 2. The van der Waals surface area contributed by atoms with Crippen molar-refractivity contribution in [2.24, 2.45) is 0 Å². The molecule has 0 aromatic carbocycles. The molecule has 0 spiro atoms. The molecule has 1 fully saturated rings. The zero-order valence-corrected chi connectivity index (χ0v) is 18.8. The van der Waals surface area contributed by atoms with E-state index < -0.39 is 16.3 Å². The highest BCUT2D eigenvalue weighted by Crippen LogP contribution is 2.25. The summed E-state index contributed by atoms with van der Waals surface area (Å²) in [5.41, 5.74) is 1.33. The number of aliphatic hydroxyl groups excluding tert-OH is 1. The Hall–Kier alpha value is -2.02. The first kappa shape index (κ1) is 22.7. The second kappa shape index (κ2) is 9.41. The van der Waals surface area contributed by atoms with Crippen LogP contribution in [-0.4, -0.2) is 75.2 Å². The van der Waals surface area contributed by atoms with Gasteiger partial charge >= 0.3 is 0 Å². The zero-order valence-electron chi connectivity index (χ0n) is 18.0. The van der Waals surface area contributed by atoms with Gasteiger partial charge in [-0.3, -0.25) is 0 Å². The SMILES string of the molecule is CCNS(=O)(=O)N1CC[C@H](Nc2nc(N[C@H](CC)C(C)O)nc3c2ncn3CC)C1. The predicted octanol–water partition coefficient (Wildman–Crippen LogP) is 0.758. The van der Waals surface area contributed by atoms with E-state index in [0.717, 1.165) is 6.42 Å². The molecule has 168 valence electrons. The van der Waals surface area contributed by atoms with E-state index in [9.17, 15) is 13.5 Å². The molecule has 0 bridgehead atoms. The van der Waals surface area contributed by atoms with E-state index in [-0.39, 0.29) is 12.1 Å². The lowest BCUT2D eigenvalue weighted by atomic mass is 10.1. The van der Waals surface area contributed by atoms with E-state index in [1.807, 2.05) is 18.4 Å². The van der Waals surface area contributed by atoms with Gasteiger partial charge in [-0.15, -0.1) is 0 Å². The van der Waals surface area contributed by atoms with Crippen molar-refractivity contribution in [3.05, 3.63) is 6.33 Å². The average Bonchev–Trinajstić information content (AvgIpc) is 3.33. The third kappa shape index (κ3) is 4.82. The third-order valence-electron chi connectivity index (χ3n) is 5.30. The number of nitrogens with zero attached hydrogens (tertiary/aromatic N) is 5. The highest BCUT2D eigenvalue weighted by Gasteiger charge is 2.31. The lowest BCUT2D eigenvalue weighted by molar-refractivity contribution is 0.169. The van der Waals surface area contributed by atoms with Crippen LogP contribution in [0.4, 0.5) is 11.8 Å². The van der Waals surface area contributed by atoms with Crippen molar-refractivity contribution < 1.29 is 13.5 Å². The molecule has 4 N–H and O–H groups in total. The van der Waals surface area contributed by atoms with Gasteiger partial charge in [0.1, 0.15) is 0 Å². The quantitative estimate of drug-likeness (QED) is 0.425. The Morgan fingerprint density at radius 2 is 2.07 bits per heavy atom. The van der Waals surface area contributed by atoms with Crippen LogP contribution in [0.2, 0.25) is 0 Å². The van der Waals surface area contributed by atoms with Gasteiger partial charge in [0.15, 0.2) is 17.0 Å². The van der Waals surface area contributed by atoms with Crippen LogP contribution in [-0.2, 0) is 16.8 Å². The van der Waals surface area contributed by atoms with Crippen LogP contribution in [0.5, 0.6) is 0 Å². The molecule has 3 atom stereocenters. The van der Waals surface area contributed by atoms with E-state index >= 15 is 0 Å². The average molecular weight is 441 g/mol. The number of nitrogens with one attached hydrogen (secondary N) is 3. The molecule has 2 aromatic heterocycles. The number of aryl methyl sites for hydroxylation is 1. The maximum atomic E-state index is 12.3. The van der Waals surface area contributed by atoms with Crippen molar-refractivity contribution in [1.82, 2.24) is 28.5 Å². The van der Waals surface area contributed by atoms with Crippen molar-refractivity contribution in [3.63, 3.8) is 0 Å². The number of fused-ring (bicyclic) bond motifs is 1. The smallest absolute Gasteiger partial charge is 0.279 e. The Morgan fingerprint density at radius 1 is 1.30 bits per heavy atom. The molecule has 2 aromatic rings. The van der Waals surface area contributed by atoms with Crippen molar-refractivity contribution in [3.8, 4) is 0 Å². The van der Waals surface area contributed by atoms with Gasteiger partial charge in [-0.05, 0) is 26.7 Å². The first-order chi connectivity index (χ1) is 14.3. The van der Waals surface area contributed by atoms with E-state index in [4.69, 9.17) is 0 Å². The summed E-state index contributed by atoms with van der Waals surface area (Å²) in [6.45, 7) is 9.33. The molecule has 1 saturated heterocycles. The topological polar surface area (TPSA) is 137 Å². The van der Waals surface area contributed by atoms with Crippen LogP contribution in [0.15, 0.2) is 6.33 Å². The lowest BCUT2D eigenvalue weighted by Crippen LogP contribution is -2.40. The molecule has 1 aliphatic rings. The highest BCUT2D eigenvalue weighted by molar-refractivity contribution is 7.87. The van der Waals surface area contributed by atoms with Crippen LogP contribution in [0, 0.1) is 0 Å². The molecule has 1 aliphatic heterocycles. The number of hydrogen-bond acceptors (Lipinski definition) is 8. The van der Waals surface area contributed by atoms with Crippen LogP contribution in [0.25, 0.3) is 11.2 Å². The molecule has 3 heterocycles. The minimum Gasteiger partial charge on any atom is -0.391 e. The van der Waals surface area contributed by atoms with Gasteiger partial charge in [0.2, 0.25) is 5.95 Å². The Kier molecular flexibility index (Phi) is 7.11. The van der Waals surface area contributed by atoms with Crippen LogP contribution in [0.1, 0.15) is 40.5 Å². The maximum Gasteiger partial charge on any atom is 0.279 e. The zero-order chi connectivity index (χ0) is 21.9. The van der Waals surface area contributed by atoms with Crippen molar-refractivity contribution in [2.75, 3.05) is 30.3 Å². The van der Waals surface area contributed by atoms with Crippen LogP contribution >= 0.6 is 0 Å². The molecule has 12 heteroatoms. The van der Waals surface area contributed by atoms with Crippen LogP contribution in [0.3, 0.4) is 0 Å². The molecular formula is C18H32N8O3S. The fourth-order valence-electron chi connectivity index (χ4n) is 3.60.